The van der Waals surface area contributed by atoms with Crippen LogP contribution in [0.2, 0.25) is 0 Å². The van der Waals surface area contributed by atoms with Gasteiger partial charge in [-0.25, -0.2) is 9.67 Å². The summed E-state index contributed by atoms with van der Waals surface area (Å²) in [6, 6.07) is 0. The van der Waals surface area contributed by atoms with Gasteiger partial charge in [0.1, 0.15) is 0 Å². The van der Waals surface area contributed by atoms with E-state index in [0.29, 0.717) is 17.1 Å². The van der Waals surface area contributed by atoms with Crippen LogP contribution in [-0.4, -0.2) is 32.8 Å². The van der Waals surface area contributed by atoms with Gasteiger partial charge in [0.2, 0.25) is 5.89 Å². The Kier molecular flexibility index (Phi) is 4.28. The molecule has 1 aliphatic heterocycles. The van der Waals surface area contributed by atoms with Crippen LogP contribution < -0.4 is 0 Å². The zero-order valence-electron chi connectivity index (χ0n) is 11.5. The van der Waals surface area contributed by atoms with Crippen molar-refractivity contribution in [3.05, 3.63) is 26.8 Å². The summed E-state index contributed by atoms with van der Waals surface area (Å²) >= 11 is 6.89. The smallest absolute Gasteiger partial charge is 0.288 e. The standard InChI is InChI=1S/C13H18N4OS2/c1-10-14-11(8-20-10)7-12-15-17(13(19)18-12)9-16-5-3-2-4-6-16/h8H,2-7,9H2,1H3. The van der Waals surface area contributed by atoms with Gasteiger partial charge in [-0.15, -0.1) is 16.4 Å². The van der Waals surface area contributed by atoms with Crippen molar-refractivity contribution in [2.75, 3.05) is 13.1 Å². The van der Waals surface area contributed by atoms with Crippen molar-refractivity contribution >= 4 is 23.6 Å². The number of piperidine rings is 1. The molecule has 0 unspecified atom stereocenters. The summed E-state index contributed by atoms with van der Waals surface area (Å²) in [5.41, 5.74) is 0.994. The van der Waals surface area contributed by atoms with Crippen LogP contribution in [-0.2, 0) is 13.1 Å². The molecular formula is C13H18N4OS2. The number of likely N-dealkylation sites (tertiary alicyclic amines) is 1. The minimum atomic E-state index is 0.456. The SMILES string of the molecule is Cc1nc(Cc2nn(CN3CCCCC3)c(=S)o2)cs1. The van der Waals surface area contributed by atoms with Gasteiger partial charge in [0.05, 0.1) is 23.8 Å². The topological polar surface area (TPSA) is 47.1 Å². The minimum absolute atomic E-state index is 0.456. The van der Waals surface area contributed by atoms with E-state index in [1.165, 1.54) is 19.3 Å². The van der Waals surface area contributed by atoms with E-state index in [1.54, 1.807) is 16.0 Å². The summed E-state index contributed by atoms with van der Waals surface area (Å²) in [5, 5.41) is 7.58. The highest BCUT2D eigenvalue weighted by Crippen LogP contribution is 2.14. The maximum atomic E-state index is 5.57. The van der Waals surface area contributed by atoms with Gasteiger partial charge < -0.3 is 4.42 Å². The van der Waals surface area contributed by atoms with Crippen molar-refractivity contribution in [2.24, 2.45) is 0 Å². The molecule has 3 heterocycles. The molecule has 0 N–H and O–H groups in total. The van der Waals surface area contributed by atoms with Crippen molar-refractivity contribution in [3.63, 3.8) is 0 Å². The largest absolute Gasteiger partial charge is 0.414 e. The zero-order chi connectivity index (χ0) is 13.9. The van der Waals surface area contributed by atoms with E-state index in [2.05, 4.69) is 15.0 Å². The molecule has 0 radical (unpaired) electrons. The predicted molar refractivity (Wildman–Crippen MR) is 80.4 cm³/mol. The first-order chi connectivity index (χ1) is 9.70. The molecule has 3 rings (SSSR count). The molecule has 1 fully saturated rings. The molecule has 5 nitrogen and oxygen atoms in total. The predicted octanol–water partition coefficient (Wildman–Crippen LogP) is 3.00. The highest BCUT2D eigenvalue weighted by atomic mass is 32.1. The molecule has 0 aliphatic carbocycles. The Morgan fingerprint density at radius 3 is 2.85 bits per heavy atom. The molecular weight excluding hydrogens is 292 g/mol. The maximum Gasteiger partial charge on any atom is 0.288 e. The number of thiazole rings is 1. The average Bonchev–Trinajstić information content (AvgIpc) is 2.98. The molecule has 1 saturated heterocycles. The normalized spacial score (nSPS) is 16.6. The van der Waals surface area contributed by atoms with Gasteiger partial charge >= 0.3 is 0 Å². The number of hydrogen-bond donors (Lipinski definition) is 0. The van der Waals surface area contributed by atoms with Crippen LogP contribution in [0.25, 0.3) is 0 Å². The number of nitrogens with zero attached hydrogens (tertiary/aromatic N) is 4. The van der Waals surface area contributed by atoms with E-state index in [4.69, 9.17) is 16.6 Å². The Morgan fingerprint density at radius 1 is 1.35 bits per heavy atom. The van der Waals surface area contributed by atoms with Gasteiger partial charge in [0.15, 0.2) is 0 Å². The Labute approximate surface area is 127 Å². The lowest BCUT2D eigenvalue weighted by molar-refractivity contribution is 0.170. The van der Waals surface area contributed by atoms with E-state index in [9.17, 15) is 0 Å². The summed E-state index contributed by atoms with van der Waals surface area (Å²) in [4.78, 5) is 7.26. The third kappa shape index (κ3) is 3.34. The number of aryl methyl sites for hydroxylation is 1. The third-order valence-corrected chi connectivity index (χ3v) is 4.55. The summed E-state index contributed by atoms with van der Waals surface area (Å²) in [6.07, 6.45) is 4.46. The molecule has 0 amide bonds. The van der Waals surface area contributed by atoms with Crippen LogP contribution in [0.5, 0.6) is 0 Å². The molecule has 0 atom stereocenters. The maximum absolute atomic E-state index is 5.57. The average molecular weight is 310 g/mol. The van der Waals surface area contributed by atoms with Gasteiger partial charge in [0.25, 0.3) is 4.84 Å². The molecule has 0 saturated carbocycles. The Balaban J connectivity index is 1.68. The second-order valence-electron chi connectivity index (χ2n) is 5.12. The van der Waals surface area contributed by atoms with Gasteiger partial charge in [-0.3, -0.25) is 4.90 Å². The van der Waals surface area contributed by atoms with Gasteiger partial charge in [0, 0.05) is 5.38 Å². The van der Waals surface area contributed by atoms with Crippen molar-refractivity contribution in [1.29, 1.82) is 0 Å². The fourth-order valence-corrected chi connectivity index (χ4v) is 3.25. The zero-order valence-corrected chi connectivity index (χ0v) is 13.2. The van der Waals surface area contributed by atoms with E-state index >= 15 is 0 Å². The molecule has 20 heavy (non-hydrogen) atoms. The molecule has 2 aromatic rings. The van der Waals surface area contributed by atoms with E-state index < -0.39 is 0 Å². The molecule has 108 valence electrons. The molecule has 7 heteroatoms. The summed E-state index contributed by atoms with van der Waals surface area (Å²) in [7, 11) is 0. The van der Waals surface area contributed by atoms with Crippen LogP contribution in [0.4, 0.5) is 0 Å². The lowest BCUT2D eigenvalue weighted by atomic mass is 10.1. The first-order valence-electron chi connectivity index (χ1n) is 6.91. The Bertz CT molecular complexity index is 624. The molecule has 2 aromatic heterocycles. The van der Waals surface area contributed by atoms with Gasteiger partial charge in [-0.2, -0.15) is 0 Å². The fraction of sp³-hybridized carbons (Fsp3) is 0.615. The Morgan fingerprint density at radius 2 is 2.15 bits per heavy atom. The number of hydrogen-bond acceptors (Lipinski definition) is 6. The van der Waals surface area contributed by atoms with Crippen molar-refractivity contribution < 1.29 is 4.42 Å². The summed E-state index contributed by atoms with van der Waals surface area (Å²) < 4.78 is 7.36. The molecule has 1 aliphatic rings. The van der Waals surface area contributed by atoms with Gasteiger partial charge in [-0.05, 0) is 45.1 Å². The monoisotopic (exact) mass is 310 g/mol. The van der Waals surface area contributed by atoms with E-state index in [-0.39, 0.29) is 0 Å². The second-order valence-corrected chi connectivity index (χ2v) is 6.53. The highest BCUT2D eigenvalue weighted by molar-refractivity contribution is 7.71. The van der Waals surface area contributed by atoms with Crippen molar-refractivity contribution in [3.8, 4) is 0 Å². The molecule has 0 spiro atoms. The van der Waals surface area contributed by atoms with E-state index in [1.807, 2.05) is 12.3 Å². The Hall–Kier alpha value is -1.05. The summed E-state index contributed by atoms with van der Waals surface area (Å²) in [5.74, 6) is 0.650. The lowest BCUT2D eigenvalue weighted by Crippen LogP contribution is -2.32. The quantitative estimate of drug-likeness (QED) is 0.812. The minimum Gasteiger partial charge on any atom is -0.414 e. The second kappa shape index (κ2) is 6.15. The first-order valence-corrected chi connectivity index (χ1v) is 8.20. The van der Waals surface area contributed by atoms with Crippen LogP contribution in [0.1, 0.15) is 35.9 Å². The number of rotatable bonds is 4. The van der Waals surface area contributed by atoms with Crippen LogP contribution in [0, 0.1) is 11.8 Å². The highest BCUT2D eigenvalue weighted by Gasteiger charge is 2.14. The van der Waals surface area contributed by atoms with E-state index in [0.717, 1.165) is 30.5 Å². The van der Waals surface area contributed by atoms with Crippen LogP contribution in [0.15, 0.2) is 9.80 Å². The number of aromatic nitrogens is 3. The van der Waals surface area contributed by atoms with Gasteiger partial charge in [-0.1, -0.05) is 6.42 Å². The molecule has 0 aromatic carbocycles. The van der Waals surface area contributed by atoms with Crippen molar-refractivity contribution in [1.82, 2.24) is 19.7 Å². The fourth-order valence-electron chi connectivity index (χ4n) is 2.44. The lowest BCUT2D eigenvalue weighted by Gasteiger charge is -2.25. The summed E-state index contributed by atoms with van der Waals surface area (Å²) in [6.45, 7) is 4.97. The first kappa shape index (κ1) is 13.9. The van der Waals surface area contributed by atoms with Crippen molar-refractivity contribution in [2.45, 2.75) is 39.3 Å². The van der Waals surface area contributed by atoms with Crippen LogP contribution in [0.3, 0.4) is 0 Å². The third-order valence-electron chi connectivity index (χ3n) is 3.43. The molecule has 0 bridgehead atoms. The van der Waals surface area contributed by atoms with Crippen LogP contribution >= 0.6 is 23.6 Å².